The minimum Gasteiger partial charge on any atom is -0.399 e. The number of sulfonamides is 1. The topological polar surface area (TPSA) is 66.6 Å². The van der Waals surface area contributed by atoms with Crippen LogP contribution in [0.5, 0.6) is 0 Å². The van der Waals surface area contributed by atoms with E-state index in [1.807, 2.05) is 14.0 Å². The smallest absolute Gasteiger partial charge is 0.245 e. The van der Waals surface area contributed by atoms with Crippen LogP contribution < -0.4 is 5.73 Å². The molecule has 1 aromatic rings. The largest absolute Gasteiger partial charge is 0.399 e. The van der Waals surface area contributed by atoms with Gasteiger partial charge in [0.1, 0.15) is 4.90 Å². The summed E-state index contributed by atoms with van der Waals surface area (Å²) in [7, 11) is -1.56. The first-order valence-corrected chi connectivity index (χ1v) is 9.71. The molecule has 1 heterocycles. The van der Waals surface area contributed by atoms with Crippen LogP contribution in [0.25, 0.3) is 0 Å². The molecule has 2 N–H and O–H groups in total. The minimum atomic E-state index is -3.58. The zero-order chi connectivity index (χ0) is 15.8. The number of nitrogens with zero attached hydrogens (tertiary/aromatic N) is 2. The Balaban J connectivity index is 2.47. The number of hydrogen-bond donors (Lipinski definition) is 1. The molecule has 8 heteroatoms. The van der Waals surface area contributed by atoms with Crippen molar-refractivity contribution in [3.63, 3.8) is 0 Å². The van der Waals surface area contributed by atoms with Crippen molar-refractivity contribution in [3.8, 4) is 0 Å². The van der Waals surface area contributed by atoms with Crippen molar-refractivity contribution < 1.29 is 8.42 Å². The summed E-state index contributed by atoms with van der Waals surface area (Å²) in [5.74, 6) is 0. The average molecular weight is 441 g/mol. The van der Waals surface area contributed by atoms with Crippen molar-refractivity contribution in [2.45, 2.75) is 24.3 Å². The summed E-state index contributed by atoms with van der Waals surface area (Å²) < 4.78 is 28.6. The lowest BCUT2D eigenvalue weighted by atomic mass is 10.3. The van der Waals surface area contributed by atoms with Gasteiger partial charge in [0.2, 0.25) is 10.0 Å². The second-order valence-electron chi connectivity index (χ2n) is 5.39. The van der Waals surface area contributed by atoms with E-state index in [-0.39, 0.29) is 10.9 Å². The fraction of sp³-hybridized carbons (Fsp3) is 0.538. The van der Waals surface area contributed by atoms with E-state index in [4.69, 9.17) is 5.73 Å². The lowest BCUT2D eigenvalue weighted by Crippen LogP contribution is -2.42. The minimum absolute atomic E-state index is 0.0705. The maximum absolute atomic E-state index is 13.0. The highest BCUT2D eigenvalue weighted by Gasteiger charge is 2.34. The molecular weight excluding hydrogens is 422 g/mol. The Morgan fingerprint density at radius 1 is 1.24 bits per heavy atom. The van der Waals surface area contributed by atoms with Gasteiger partial charge < -0.3 is 10.6 Å². The van der Waals surface area contributed by atoms with Crippen molar-refractivity contribution in [1.82, 2.24) is 9.21 Å². The van der Waals surface area contributed by atoms with Crippen LogP contribution in [0, 0.1) is 0 Å². The first-order chi connectivity index (χ1) is 9.73. The zero-order valence-corrected chi connectivity index (χ0v) is 16.0. The van der Waals surface area contributed by atoms with Crippen LogP contribution in [0.1, 0.15) is 13.3 Å². The van der Waals surface area contributed by atoms with E-state index in [1.54, 1.807) is 16.4 Å². The fourth-order valence-corrected chi connectivity index (χ4v) is 6.85. The van der Waals surface area contributed by atoms with Gasteiger partial charge >= 0.3 is 0 Å². The van der Waals surface area contributed by atoms with Gasteiger partial charge in [-0.3, -0.25) is 0 Å². The van der Waals surface area contributed by atoms with Gasteiger partial charge in [-0.25, -0.2) is 8.42 Å². The van der Waals surface area contributed by atoms with Crippen LogP contribution in [0.2, 0.25) is 0 Å². The molecule has 118 valence electrons. The molecule has 5 nitrogen and oxygen atoms in total. The SMILES string of the molecule is CC1CN(C)CCCN1S(=O)(=O)c1c(Br)cc(N)cc1Br. The van der Waals surface area contributed by atoms with Crippen molar-refractivity contribution >= 4 is 47.6 Å². The Morgan fingerprint density at radius 2 is 1.81 bits per heavy atom. The van der Waals surface area contributed by atoms with Gasteiger partial charge in [0, 0.05) is 33.8 Å². The molecule has 1 aromatic carbocycles. The van der Waals surface area contributed by atoms with Gasteiger partial charge in [0.15, 0.2) is 0 Å². The highest BCUT2D eigenvalue weighted by molar-refractivity contribution is 9.11. The lowest BCUT2D eigenvalue weighted by molar-refractivity contribution is 0.290. The Morgan fingerprint density at radius 3 is 2.38 bits per heavy atom. The molecule has 0 bridgehead atoms. The molecule has 0 spiro atoms. The molecular formula is C13H19Br2N3O2S. The van der Waals surface area contributed by atoms with E-state index in [2.05, 4.69) is 36.8 Å². The van der Waals surface area contributed by atoms with Gasteiger partial charge in [-0.2, -0.15) is 4.31 Å². The summed E-state index contributed by atoms with van der Waals surface area (Å²) in [6.07, 6.45) is 0.824. The molecule has 21 heavy (non-hydrogen) atoms. The predicted molar refractivity (Wildman–Crippen MR) is 91.7 cm³/mol. The Kier molecular flexibility index (Phi) is 5.36. The third-order valence-corrected chi connectivity index (χ3v) is 7.46. The van der Waals surface area contributed by atoms with Crippen molar-refractivity contribution in [2.75, 3.05) is 32.4 Å². The highest BCUT2D eigenvalue weighted by atomic mass is 79.9. The van der Waals surface area contributed by atoms with Gasteiger partial charge in [0.25, 0.3) is 0 Å². The summed E-state index contributed by atoms with van der Waals surface area (Å²) in [4.78, 5) is 2.40. The Labute approximate surface area is 142 Å². The maximum Gasteiger partial charge on any atom is 0.245 e. The van der Waals surface area contributed by atoms with E-state index < -0.39 is 10.0 Å². The molecule has 1 atom stereocenters. The summed E-state index contributed by atoms with van der Waals surface area (Å²) in [5.41, 5.74) is 6.26. The Bertz CT molecular complexity index is 613. The third kappa shape index (κ3) is 3.61. The molecule has 0 amide bonds. The van der Waals surface area contributed by atoms with E-state index in [0.29, 0.717) is 21.2 Å². The van der Waals surface area contributed by atoms with E-state index >= 15 is 0 Å². The zero-order valence-electron chi connectivity index (χ0n) is 12.0. The normalized spacial score (nSPS) is 22.2. The molecule has 2 rings (SSSR count). The van der Waals surface area contributed by atoms with Crippen LogP contribution in [-0.4, -0.2) is 50.3 Å². The number of likely N-dealkylation sites (N-methyl/N-ethyl adjacent to an activating group) is 1. The first-order valence-electron chi connectivity index (χ1n) is 6.68. The molecule has 0 saturated carbocycles. The molecule has 1 saturated heterocycles. The molecule has 1 unspecified atom stereocenters. The van der Waals surface area contributed by atoms with Gasteiger partial charge in [-0.1, -0.05) is 0 Å². The molecule has 1 aliphatic rings. The van der Waals surface area contributed by atoms with Crippen LogP contribution >= 0.6 is 31.9 Å². The van der Waals surface area contributed by atoms with Crippen LogP contribution in [-0.2, 0) is 10.0 Å². The summed E-state index contributed by atoms with van der Waals surface area (Å²) in [5, 5.41) is 0. The second-order valence-corrected chi connectivity index (χ2v) is 8.93. The van der Waals surface area contributed by atoms with E-state index in [1.165, 1.54) is 0 Å². The first kappa shape index (κ1) is 17.2. The standard InChI is InChI=1S/C13H19Br2N3O2S/c1-9-8-17(2)4-3-5-18(9)21(19,20)13-11(14)6-10(16)7-12(13)15/h6-7,9H,3-5,8,16H2,1-2H3. The molecule has 1 fully saturated rings. The number of nitrogens with two attached hydrogens (primary N) is 1. The number of hydrogen-bond acceptors (Lipinski definition) is 4. The van der Waals surface area contributed by atoms with Gasteiger partial charge in [-0.15, -0.1) is 0 Å². The average Bonchev–Trinajstić information content (AvgIpc) is 2.48. The molecule has 0 aromatic heterocycles. The van der Waals surface area contributed by atoms with Crippen LogP contribution in [0.3, 0.4) is 0 Å². The second kappa shape index (κ2) is 6.54. The fourth-order valence-electron chi connectivity index (χ4n) is 2.65. The molecule has 1 aliphatic heterocycles. The number of rotatable bonds is 2. The third-order valence-electron chi connectivity index (χ3n) is 3.57. The predicted octanol–water partition coefficient (Wildman–Crippen LogP) is 2.51. The number of halogens is 2. The Hall–Kier alpha value is -0.150. The van der Waals surface area contributed by atoms with Crippen molar-refractivity contribution in [1.29, 1.82) is 0 Å². The lowest BCUT2D eigenvalue weighted by Gasteiger charge is -2.28. The quantitative estimate of drug-likeness (QED) is 0.717. The van der Waals surface area contributed by atoms with E-state index in [0.717, 1.165) is 19.5 Å². The number of anilines is 1. The monoisotopic (exact) mass is 439 g/mol. The summed E-state index contributed by atoms with van der Waals surface area (Å²) in [6, 6.07) is 3.16. The van der Waals surface area contributed by atoms with Crippen molar-refractivity contribution in [3.05, 3.63) is 21.1 Å². The highest BCUT2D eigenvalue weighted by Crippen LogP contribution is 2.35. The van der Waals surface area contributed by atoms with Crippen molar-refractivity contribution in [2.24, 2.45) is 0 Å². The summed E-state index contributed by atoms with van der Waals surface area (Å²) in [6.45, 7) is 4.10. The number of nitrogen functional groups attached to an aromatic ring is 1. The molecule has 0 radical (unpaired) electrons. The van der Waals surface area contributed by atoms with Gasteiger partial charge in [0.05, 0.1) is 0 Å². The molecule has 0 aliphatic carbocycles. The van der Waals surface area contributed by atoms with Gasteiger partial charge in [-0.05, 0) is 70.9 Å². The maximum atomic E-state index is 13.0. The van der Waals surface area contributed by atoms with Crippen LogP contribution in [0.15, 0.2) is 26.0 Å². The van der Waals surface area contributed by atoms with E-state index in [9.17, 15) is 8.42 Å². The van der Waals surface area contributed by atoms with Crippen LogP contribution in [0.4, 0.5) is 5.69 Å². The number of benzene rings is 1. The summed E-state index contributed by atoms with van der Waals surface area (Å²) >= 11 is 6.65.